The molecule has 0 heterocycles. The molecule has 1 rings (SSSR count). The third kappa shape index (κ3) is 1.01. The van der Waals surface area contributed by atoms with E-state index < -0.39 is 0 Å². The molecule has 0 bridgehead atoms. The summed E-state index contributed by atoms with van der Waals surface area (Å²) >= 11 is 0. The van der Waals surface area contributed by atoms with Crippen LogP contribution in [0.25, 0.3) is 0 Å². The Bertz CT molecular complexity index is 76.6. The van der Waals surface area contributed by atoms with Crippen molar-refractivity contribution in [3.8, 4) is 0 Å². The highest BCUT2D eigenvalue weighted by Crippen LogP contribution is 2.39. The molecular weight excluding hydrogens is 104 g/mol. The van der Waals surface area contributed by atoms with Gasteiger partial charge >= 0.3 is 0 Å². The van der Waals surface area contributed by atoms with E-state index in [2.05, 4.69) is 11.8 Å². The lowest BCUT2D eigenvalue weighted by atomic mass is 9.71. The Hall–Kier alpha value is -0.0800. The molecule has 1 aliphatic rings. The highest BCUT2D eigenvalue weighted by atomic mass is 17.1. The lowest BCUT2D eigenvalue weighted by molar-refractivity contribution is -0.267. The molecule has 0 unspecified atom stereocenters. The van der Waals surface area contributed by atoms with Crippen LogP contribution in [-0.2, 0) is 4.89 Å². The van der Waals surface area contributed by atoms with E-state index in [9.17, 15) is 0 Å². The van der Waals surface area contributed by atoms with Crippen LogP contribution in [0.3, 0.4) is 0 Å². The van der Waals surface area contributed by atoms with Crippen LogP contribution in [0.5, 0.6) is 0 Å². The Morgan fingerprint density at radius 2 is 2.25 bits per heavy atom. The Balaban J connectivity index is 2.20. The Kier molecular flexibility index (Phi) is 1.54. The van der Waals surface area contributed by atoms with Crippen LogP contribution in [0, 0.1) is 5.41 Å². The molecule has 0 aromatic rings. The molecule has 48 valence electrons. The second-order valence-corrected chi connectivity index (χ2v) is 2.94. The van der Waals surface area contributed by atoms with E-state index in [1.165, 1.54) is 19.3 Å². The average molecular weight is 116 g/mol. The van der Waals surface area contributed by atoms with Gasteiger partial charge in [-0.2, -0.15) is 0 Å². The highest BCUT2D eigenvalue weighted by molar-refractivity contribution is 4.82. The van der Waals surface area contributed by atoms with Crippen molar-refractivity contribution in [2.45, 2.75) is 26.2 Å². The fourth-order valence-corrected chi connectivity index (χ4v) is 1.08. The van der Waals surface area contributed by atoms with E-state index >= 15 is 0 Å². The second kappa shape index (κ2) is 2.03. The van der Waals surface area contributed by atoms with Gasteiger partial charge in [0.15, 0.2) is 0 Å². The van der Waals surface area contributed by atoms with E-state index in [0.717, 1.165) is 0 Å². The van der Waals surface area contributed by atoms with Crippen LogP contribution in [-0.4, -0.2) is 11.9 Å². The number of hydrogen-bond donors (Lipinski definition) is 1. The van der Waals surface area contributed by atoms with Gasteiger partial charge in [-0.15, -0.1) is 0 Å². The minimum atomic E-state index is 0.300. The molecule has 0 amide bonds. The molecule has 0 saturated heterocycles. The fraction of sp³-hybridized carbons (Fsp3) is 1.00. The third-order valence-electron chi connectivity index (χ3n) is 1.97. The predicted molar refractivity (Wildman–Crippen MR) is 30.5 cm³/mol. The molecule has 2 heteroatoms. The van der Waals surface area contributed by atoms with Crippen LogP contribution in [0.4, 0.5) is 0 Å². The van der Waals surface area contributed by atoms with E-state index in [4.69, 9.17) is 5.26 Å². The summed E-state index contributed by atoms with van der Waals surface area (Å²) in [6, 6.07) is 0. The monoisotopic (exact) mass is 116 g/mol. The fourth-order valence-electron chi connectivity index (χ4n) is 1.08. The minimum absolute atomic E-state index is 0.300. The molecular formula is C6H12O2. The van der Waals surface area contributed by atoms with Crippen molar-refractivity contribution in [1.29, 1.82) is 0 Å². The van der Waals surface area contributed by atoms with Crippen LogP contribution in [0.15, 0.2) is 0 Å². The zero-order valence-electron chi connectivity index (χ0n) is 5.18. The normalized spacial score (nSPS) is 24.8. The zero-order chi connectivity index (χ0) is 6.04. The first-order valence-corrected chi connectivity index (χ1v) is 3.03. The minimum Gasteiger partial charge on any atom is -0.252 e. The van der Waals surface area contributed by atoms with E-state index in [-0.39, 0.29) is 0 Å². The molecule has 1 fully saturated rings. The molecule has 0 radical (unpaired) electrons. The molecule has 0 aromatic heterocycles. The number of rotatable bonds is 2. The number of hydrogen-bond acceptors (Lipinski definition) is 2. The smallest absolute Gasteiger partial charge is 0.0873 e. The van der Waals surface area contributed by atoms with Gasteiger partial charge in [0.25, 0.3) is 0 Å². The van der Waals surface area contributed by atoms with Crippen molar-refractivity contribution in [3.63, 3.8) is 0 Å². The maximum absolute atomic E-state index is 8.07. The van der Waals surface area contributed by atoms with Gasteiger partial charge in [-0.1, -0.05) is 13.3 Å². The summed E-state index contributed by atoms with van der Waals surface area (Å²) in [6.45, 7) is 2.64. The highest BCUT2D eigenvalue weighted by Gasteiger charge is 2.31. The van der Waals surface area contributed by atoms with Gasteiger partial charge in [0.05, 0.1) is 6.61 Å². The first kappa shape index (κ1) is 6.05. The molecule has 0 aromatic carbocycles. The van der Waals surface area contributed by atoms with Crippen molar-refractivity contribution in [3.05, 3.63) is 0 Å². The van der Waals surface area contributed by atoms with Gasteiger partial charge in [0.1, 0.15) is 0 Å². The summed E-state index contributed by atoms with van der Waals surface area (Å²) in [7, 11) is 0. The summed E-state index contributed by atoms with van der Waals surface area (Å²) in [5.74, 6) is 0. The summed E-state index contributed by atoms with van der Waals surface area (Å²) in [5, 5.41) is 8.07. The molecule has 2 nitrogen and oxygen atoms in total. The summed E-state index contributed by atoms with van der Waals surface area (Å²) in [6.07, 6.45) is 3.70. The molecule has 1 saturated carbocycles. The summed E-state index contributed by atoms with van der Waals surface area (Å²) in [4.78, 5) is 4.05. The SMILES string of the molecule is CC1(COO)CCC1. The molecule has 8 heavy (non-hydrogen) atoms. The van der Waals surface area contributed by atoms with E-state index in [1.54, 1.807) is 0 Å². The molecule has 0 atom stereocenters. The quantitative estimate of drug-likeness (QED) is 0.439. The van der Waals surface area contributed by atoms with E-state index in [1.807, 2.05) is 0 Å². The van der Waals surface area contributed by atoms with Gasteiger partial charge in [-0.05, 0) is 18.3 Å². The van der Waals surface area contributed by atoms with Crippen molar-refractivity contribution in [2.24, 2.45) is 5.41 Å². The molecule has 0 aliphatic heterocycles. The average Bonchev–Trinajstić information content (AvgIpc) is 1.64. The summed E-state index contributed by atoms with van der Waals surface area (Å²) in [5.41, 5.74) is 0.300. The predicted octanol–water partition coefficient (Wildman–Crippen LogP) is 1.67. The van der Waals surface area contributed by atoms with E-state index in [0.29, 0.717) is 12.0 Å². The maximum atomic E-state index is 8.07. The molecule has 1 aliphatic carbocycles. The standard InChI is InChI=1S/C6H12O2/c1-6(5-8-7)3-2-4-6/h7H,2-5H2,1H3. The van der Waals surface area contributed by atoms with Gasteiger partial charge in [-0.25, -0.2) is 4.89 Å². The first-order chi connectivity index (χ1) is 3.77. The molecule has 0 spiro atoms. The van der Waals surface area contributed by atoms with Gasteiger partial charge in [-0.3, -0.25) is 5.26 Å². The van der Waals surface area contributed by atoms with Crippen molar-refractivity contribution in [2.75, 3.05) is 6.61 Å². The largest absolute Gasteiger partial charge is 0.252 e. The summed E-state index contributed by atoms with van der Waals surface area (Å²) < 4.78 is 0. The Morgan fingerprint density at radius 3 is 2.38 bits per heavy atom. The third-order valence-corrected chi connectivity index (χ3v) is 1.97. The van der Waals surface area contributed by atoms with Gasteiger partial charge in [0, 0.05) is 0 Å². The topological polar surface area (TPSA) is 29.5 Å². The first-order valence-electron chi connectivity index (χ1n) is 3.03. The Labute approximate surface area is 49.4 Å². The van der Waals surface area contributed by atoms with Crippen LogP contribution >= 0.6 is 0 Å². The van der Waals surface area contributed by atoms with Gasteiger partial charge < -0.3 is 0 Å². The maximum Gasteiger partial charge on any atom is 0.0873 e. The zero-order valence-corrected chi connectivity index (χ0v) is 5.18. The van der Waals surface area contributed by atoms with Crippen LogP contribution in [0.1, 0.15) is 26.2 Å². The molecule has 1 N–H and O–H groups in total. The van der Waals surface area contributed by atoms with Crippen molar-refractivity contribution in [1.82, 2.24) is 0 Å². The lowest BCUT2D eigenvalue weighted by Crippen LogP contribution is -2.30. The van der Waals surface area contributed by atoms with Gasteiger partial charge in [0.2, 0.25) is 0 Å². The second-order valence-electron chi connectivity index (χ2n) is 2.94. The Morgan fingerprint density at radius 1 is 1.62 bits per heavy atom. The van der Waals surface area contributed by atoms with Crippen LogP contribution in [0.2, 0.25) is 0 Å². The van der Waals surface area contributed by atoms with Crippen molar-refractivity contribution >= 4 is 0 Å². The van der Waals surface area contributed by atoms with Crippen molar-refractivity contribution < 1.29 is 10.1 Å². The van der Waals surface area contributed by atoms with Crippen LogP contribution < -0.4 is 0 Å². The lowest BCUT2D eigenvalue weighted by Gasteiger charge is -2.36.